The number of thioether (sulfide) groups is 1. The molecule has 7 nitrogen and oxygen atoms in total. The average molecular weight is 395 g/mol. The van der Waals surface area contributed by atoms with Crippen LogP contribution < -0.4 is 10.9 Å². The zero-order valence-electron chi connectivity index (χ0n) is 15.2. The monoisotopic (exact) mass is 395 g/mol. The van der Waals surface area contributed by atoms with E-state index in [0.717, 1.165) is 4.90 Å². The fourth-order valence-electron chi connectivity index (χ4n) is 2.92. The molecule has 3 aromatic rings. The Hall–Kier alpha value is -3.13. The molecule has 0 unspecified atom stereocenters. The number of aromatic nitrogens is 2. The Kier molecular flexibility index (Phi) is 4.64. The number of H-pyrrole nitrogens is 1. The summed E-state index contributed by atoms with van der Waals surface area (Å²) in [5, 5.41) is 3.08. The number of esters is 1. The molecule has 28 heavy (non-hydrogen) atoms. The number of anilines is 1. The van der Waals surface area contributed by atoms with E-state index in [2.05, 4.69) is 15.3 Å². The number of carbonyl (C=O) groups is 2. The smallest absolute Gasteiger partial charge is 0.338 e. The summed E-state index contributed by atoms with van der Waals surface area (Å²) in [5.74, 6) is -0.397. The third-order valence-corrected chi connectivity index (χ3v) is 5.62. The summed E-state index contributed by atoms with van der Waals surface area (Å²) >= 11 is 1.44. The van der Waals surface area contributed by atoms with Crippen molar-refractivity contribution in [2.75, 3.05) is 5.32 Å². The minimum Gasteiger partial charge on any atom is -0.451 e. The van der Waals surface area contributed by atoms with Crippen molar-refractivity contribution in [3.05, 3.63) is 64.2 Å². The van der Waals surface area contributed by atoms with Crippen molar-refractivity contribution < 1.29 is 14.3 Å². The maximum atomic E-state index is 12.5. The molecule has 0 bridgehead atoms. The molecule has 2 N–H and O–H groups in total. The predicted molar refractivity (Wildman–Crippen MR) is 107 cm³/mol. The number of hydrogen-bond donors (Lipinski definition) is 2. The number of carbonyl (C=O) groups excluding carboxylic acids is 2. The molecule has 2 aromatic carbocycles. The van der Waals surface area contributed by atoms with Crippen LogP contribution in [0.2, 0.25) is 0 Å². The van der Waals surface area contributed by atoms with Crippen LogP contribution in [-0.2, 0) is 9.53 Å². The van der Waals surface area contributed by atoms with Crippen LogP contribution in [0.5, 0.6) is 0 Å². The SMILES string of the molecule is C[C@H]1Sc2ccc(C(=O)O[C@H](C)c3nc4ccccc4c(=O)[nH]3)cc2NC1=O. The molecule has 1 amide bonds. The van der Waals surface area contributed by atoms with Crippen LogP contribution in [0, 0.1) is 0 Å². The van der Waals surface area contributed by atoms with Crippen molar-refractivity contribution in [1.82, 2.24) is 9.97 Å². The minimum atomic E-state index is -0.746. The largest absolute Gasteiger partial charge is 0.451 e. The van der Waals surface area contributed by atoms with Gasteiger partial charge in [0.05, 0.1) is 27.4 Å². The van der Waals surface area contributed by atoms with E-state index in [-0.39, 0.29) is 22.5 Å². The van der Waals surface area contributed by atoms with Gasteiger partial charge in [0.2, 0.25) is 5.91 Å². The molecular weight excluding hydrogens is 378 g/mol. The zero-order valence-corrected chi connectivity index (χ0v) is 16.0. The molecule has 0 saturated heterocycles. The Morgan fingerprint density at radius 2 is 2.00 bits per heavy atom. The van der Waals surface area contributed by atoms with E-state index < -0.39 is 12.1 Å². The summed E-state index contributed by atoms with van der Waals surface area (Å²) in [6, 6.07) is 12.0. The lowest BCUT2D eigenvalue weighted by Crippen LogP contribution is -2.26. The van der Waals surface area contributed by atoms with E-state index in [9.17, 15) is 14.4 Å². The number of ether oxygens (including phenoxy) is 1. The fourth-order valence-corrected chi connectivity index (χ4v) is 3.85. The molecule has 0 fully saturated rings. The van der Waals surface area contributed by atoms with E-state index in [1.165, 1.54) is 11.8 Å². The molecule has 1 aliphatic rings. The van der Waals surface area contributed by atoms with Gasteiger partial charge >= 0.3 is 5.97 Å². The number of para-hydroxylation sites is 1. The molecule has 1 aromatic heterocycles. The van der Waals surface area contributed by atoms with Crippen LogP contribution in [0.1, 0.15) is 36.1 Å². The van der Waals surface area contributed by atoms with Crippen molar-refractivity contribution in [2.24, 2.45) is 0 Å². The van der Waals surface area contributed by atoms with Crippen molar-refractivity contribution in [3.8, 4) is 0 Å². The maximum Gasteiger partial charge on any atom is 0.338 e. The van der Waals surface area contributed by atoms with Gasteiger partial charge in [-0.05, 0) is 44.2 Å². The quantitative estimate of drug-likeness (QED) is 0.660. The second-order valence-corrected chi connectivity index (χ2v) is 7.86. The number of rotatable bonds is 3. The average Bonchev–Trinajstić information content (AvgIpc) is 2.68. The summed E-state index contributed by atoms with van der Waals surface area (Å²) < 4.78 is 5.47. The molecule has 2 heterocycles. The lowest BCUT2D eigenvalue weighted by molar-refractivity contribution is -0.115. The first-order chi connectivity index (χ1) is 13.4. The summed E-state index contributed by atoms with van der Waals surface area (Å²) in [7, 11) is 0. The van der Waals surface area contributed by atoms with Gasteiger partial charge in [-0.25, -0.2) is 9.78 Å². The normalized spacial score (nSPS) is 16.9. The lowest BCUT2D eigenvalue weighted by atomic mass is 10.2. The van der Waals surface area contributed by atoms with Gasteiger partial charge in [0, 0.05) is 4.90 Å². The Balaban J connectivity index is 1.56. The number of nitrogens with one attached hydrogen (secondary N) is 2. The molecule has 0 saturated carbocycles. The van der Waals surface area contributed by atoms with Crippen molar-refractivity contribution in [1.29, 1.82) is 0 Å². The van der Waals surface area contributed by atoms with E-state index >= 15 is 0 Å². The highest BCUT2D eigenvalue weighted by atomic mass is 32.2. The van der Waals surface area contributed by atoms with Crippen molar-refractivity contribution in [3.63, 3.8) is 0 Å². The van der Waals surface area contributed by atoms with Crippen LogP contribution >= 0.6 is 11.8 Å². The number of benzene rings is 2. The van der Waals surface area contributed by atoms with Crippen molar-refractivity contribution >= 4 is 40.2 Å². The Bertz CT molecular complexity index is 1160. The molecule has 1 aliphatic heterocycles. The molecule has 0 aliphatic carbocycles. The zero-order chi connectivity index (χ0) is 19.8. The van der Waals surface area contributed by atoms with Gasteiger partial charge in [0.1, 0.15) is 0 Å². The highest BCUT2D eigenvalue weighted by Gasteiger charge is 2.24. The molecule has 142 valence electrons. The topological polar surface area (TPSA) is 101 Å². The third-order valence-electron chi connectivity index (χ3n) is 4.45. The second-order valence-electron chi connectivity index (χ2n) is 6.48. The predicted octanol–water partition coefficient (Wildman–Crippen LogP) is 3.27. The Labute approximate surface area is 164 Å². The number of aromatic amines is 1. The first kappa shape index (κ1) is 18.2. The van der Waals surface area contributed by atoms with Crippen LogP contribution in [0.25, 0.3) is 10.9 Å². The Morgan fingerprint density at radius 3 is 2.82 bits per heavy atom. The Morgan fingerprint density at radius 1 is 1.21 bits per heavy atom. The van der Waals surface area contributed by atoms with Gasteiger partial charge in [0.15, 0.2) is 11.9 Å². The van der Waals surface area contributed by atoms with Gasteiger partial charge in [0.25, 0.3) is 5.56 Å². The first-order valence-corrected chi connectivity index (χ1v) is 9.62. The molecule has 4 rings (SSSR count). The summed E-state index contributed by atoms with van der Waals surface area (Å²) in [5.41, 5.74) is 1.15. The van der Waals surface area contributed by atoms with E-state index in [1.54, 1.807) is 49.4 Å². The van der Waals surface area contributed by atoms with E-state index in [0.29, 0.717) is 22.2 Å². The standard InChI is InChI=1S/C20H17N3O4S/c1-10(17-21-14-6-4-3-5-13(14)19(25)23-17)27-20(26)12-7-8-16-15(9-12)22-18(24)11(2)28-16/h3-11H,1-2H3,(H,22,24)(H,21,23,25)/t10-,11-/m1/s1. The maximum absolute atomic E-state index is 12.5. The fraction of sp³-hybridized carbons (Fsp3) is 0.200. The molecular formula is C20H17N3O4S. The van der Waals surface area contributed by atoms with Gasteiger partial charge in [-0.15, -0.1) is 11.8 Å². The number of nitrogens with zero attached hydrogens (tertiary/aromatic N) is 1. The van der Waals surface area contributed by atoms with Gasteiger partial charge in [-0.2, -0.15) is 0 Å². The van der Waals surface area contributed by atoms with Gasteiger partial charge < -0.3 is 15.0 Å². The van der Waals surface area contributed by atoms with Gasteiger partial charge in [-0.3, -0.25) is 9.59 Å². The van der Waals surface area contributed by atoms with Crippen LogP contribution in [0.3, 0.4) is 0 Å². The summed E-state index contributed by atoms with van der Waals surface area (Å²) in [6.07, 6.45) is -0.746. The molecule has 0 spiro atoms. The molecule has 0 radical (unpaired) electrons. The molecule has 8 heteroatoms. The van der Waals surface area contributed by atoms with Crippen LogP contribution in [-0.4, -0.2) is 27.1 Å². The summed E-state index contributed by atoms with van der Waals surface area (Å²) in [6.45, 7) is 3.47. The highest BCUT2D eigenvalue weighted by molar-refractivity contribution is 8.00. The summed E-state index contributed by atoms with van der Waals surface area (Å²) in [4.78, 5) is 44.5. The minimum absolute atomic E-state index is 0.102. The molecule has 2 atom stereocenters. The van der Waals surface area contributed by atoms with E-state index in [4.69, 9.17) is 4.74 Å². The van der Waals surface area contributed by atoms with E-state index in [1.807, 2.05) is 6.92 Å². The second kappa shape index (κ2) is 7.12. The highest BCUT2D eigenvalue weighted by Crippen LogP contribution is 2.36. The van der Waals surface area contributed by atoms with Crippen LogP contribution in [0.4, 0.5) is 5.69 Å². The number of hydrogen-bond acceptors (Lipinski definition) is 6. The lowest BCUT2D eigenvalue weighted by Gasteiger charge is -2.21. The van der Waals surface area contributed by atoms with Gasteiger partial charge in [-0.1, -0.05) is 12.1 Å². The number of fused-ring (bicyclic) bond motifs is 2. The first-order valence-electron chi connectivity index (χ1n) is 8.74. The third kappa shape index (κ3) is 3.38. The van der Waals surface area contributed by atoms with Crippen molar-refractivity contribution in [2.45, 2.75) is 30.1 Å². The number of amides is 1. The van der Waals surface area contributed by atoms with Crippen LogP contribution in [0.15, 0.2) is 52.2 Å².